The van der Waals surface area contributed by atoms with Gasteiger partial charge in [-0.1, -0.05) is 4.73 Å². The quantitative estimate of drug-likeness (QED) is 0.549. The van der Waals surface area contributed by atoms with E-state index in [1.54, 1.807) is 0 Å². The predicted octanol–water partition coefficient (Wildman–Crippen LogP) is 1.23. The maximum Gasteiger partial charge on any atom is 0.452 e. The molecule has 0 aliphatic carbocycles. The van der Waals surface area contributed by atoms with Gasteiger partial charge in [-0.3, -0.25) is 0 Å². The van der Waals surface area contributed by atoms with Crippen molar-refractivity contribution in [2.45, 2.75) is 0 Å². The second kappa shape index (κ2) is 1.89. The Morgan fingerprint density at radius 3 is 2.17 bits per heavy atom. The normalized spacial score (nSPS) is 19.8. The van der Waals surface area contributed by atoms with Crippen LogP contribution in [0.15, 0.2) is 0 Å². The van der Waals surface area contributed by atoms with Crippen molar-refractivity contribution in [3.05, 3.63) is 0 Å². The minimum Gasteiger partial charge on any atom is -0.311 e. The summed E-state index contributed by atoms with van der Waals surface area (Å²) in [5, 5.41) is 0. The molecule has 6 heavy (non-hydrogen) atoms. The first-order chi connectivity index (χ1) is 2.56. The fraction of sp³-hybridized carbons (Fsp3) is 0. The Bertz CT molecular complexity index is 74.9. The largest absolute Gasteiger partial charge is 0.452 e. The average molecular weight is 134 g/mol. The molecular weight excluding hydrogens is 133 g/mol. The maximum atomic E-state index is 10.4. The molecule has 0 spiro atoms. The Morgan fingerprint density at radius 1 is 2.00 bits per heavy atom. The van der Waals surface area contributed by atoms with E-state index in [1.807, 2.05) is 0 Å². The van der Waals surface area contributed by atoms with E-state index in [0.29, 0.717) is 0 Å². The van der Waals surface area contributed by atoms with Crippen LogP contribution in [0.2, 0.25) is 0 Å². The van der Waals surface area contributed by atoms with Gasteiger partial charge in [-0.05, 0) is 4.53 Å². The molecule has 38 valence electrons. The summed E-state index contributed by atoms with van der Waals surface area (Å²) in [5.74, 6) is 0. The van der Waals surface area contributed by atoms with E-state index in [9.17, 15) is 9.09 Å². The lowest BCUT2D eigenvalue weighted by Crippen LogP contribution is -1.61. The highest BCUT2D eigenvalue weighted by atomic mass is 35.7. The van der Waals surface area contributed by atoms with Crippen LogP contribution in [0, 0.1) is 0 Å². The van der Waals surface area contributed by atoms with Gasteiger partial charge < -0.3 is 4.89 Å². The molecule has 0 bridgehead atoms. The van der Waals surface area contributed by atoms with E-state index in [4.69, 9.17) is 4.89 Å². The minimum absolute atomic E-state index is 2.31. The van der Waals surface area contributed by atoms with Crippen LogP contribution >= 0.6 is 18.2 Å². The molecule has 0 saturated carbocycles. The molecule has 1 atom stereocenters. The second-order valence-electron chi connectivity index (χ2n) is 0.520. The molecule has 0 aromatic carbocycles. The highest BCUT2D eigenvalue weighted by Crippen LogP contribution is 2.47. The Balaban J connectivity index is 3.48. The third-order valence-corrected chi connectivity index (χ3v) is 0.412. The van der Waals surface area contributed by atoms with E-state index in [2.05, 4.69) is 16.0 Å². The smallest absolute Gasteiger partial charge is 0.311 e. The van der Waals surface area contributed by atoms with Gasteiger partial charge in [-0.15, -0.1) is 0 Å². The van der Waals surface area contributed by atoms with Crippen molar-refractivity contribution in [1.82, 2.24) is 0 Å². The molecule has 0 aromatic heterocycles. The van der Waals surface area contributed by atoms with E-state index < -0.39 is 6.95 Å². The van der Waals surface area contributed by atoms with Gasteiger partial charge in [0.1, 0.15) is 0 Å². The third kappa shape index (κ3) is 4.37. The summed E-state index contributed by atoms with van der Waals surface area (Å²) in [6.07, 6.45) is 0. The highest BCUT2D eigenvalue weighted by molar-refractivity contribution is 7.80. The second-order valence-corrected chi connectivity index (χ2v) is 2.84. The zero-order valence-corrected chi connectivity index (χ0v) is 4.12. The van der Waals surface area contributed by atoms with Crippen molar-refractivity contribution in [3.63, 3.8) is 0 Å². The molecule has 0 aliphatic rings. The first-order valence-electron chi connectivity index (χ1n) is 0.888. The van der Waals surface area contributed by atoms with Crippen molar-refractivity contribution in [2.24, 2.45) is 0 Å². The summed E-state index contributed by atoms with van der Waals surface area (Å²) in [7, 11) is 0. The fourth-order valence-corrected chi connectivity index (χ4v) is 0. The van der Waals surface area contributed by atoms with Crippen LogP contribution in [0.5, 0.6) is 0 Å². The Morgan fingerprint density at radius 2 is 2.17 bits per heavy atom. The van der Waals surface area contributed by atoms with Gasteiger partial charge >= 0.3 is 6.95 Å². The molecule has 0 aliphatic heterocycles. The van der Waals surface area contributed by atoms with Gasteiger partial charge in [0.25, 0.3) is 0 Å². The number of hydrogen-bond donors (Lipinski definition) is 1. The average Bonchev–Trinajstić information content (AvgIpc) is 1.35. The molecule has 0 amide bonds. The van der Waals surface area contributed by atoms with Gasteiger partial charge in [0.05, 0.1) is 0 Å². The van der Waals surface area contributed by atoms with Gasteiger partial charge in [0.15, 0.2) is 0 Å². The van der Waals surface area contributed by atoms with Gasteiger partial charge in [0.2, 0.25) is 0 Å². The molecule has 0 aromatic rings. The SMILES string of the molecule is O=P(O)(Cl)OF. The lowest BCUT2D eigenvalue weighted by atomic mass is 15.6. The van der Waals surface area contributed by atoms with Crippen LogP contribution in [-0.4, -0.2) is 4.89 Å². The topological polar surface area (TPSA) is 46.5 Å². The summed E-state index contributed by atoms with van der Waals surface area (Å²) in [5.41, 5.74) is 0. The molecule has 1 unspecified atom stereocenters. The Hall–Kier alpha value is 0.370. The molecule has 0 radical (unpaired) electrons. The van der Waals surface area contributed by atoms with Crippen LogP contribution < -0.4 is 0 Å². The molecule has 0 fully saturated rings. The molecule has 6 heteroatoms. The molecule has 3 nitrogen and oxygen atoms in total. The maximum absolute atomic E-state index is 10.4. The van der Waals surface area contributed by atoms with Crippen molar-refractivity contribution in [1.29, 1.82) is 0 Å². The number of halogens is 2. The molecule has 0 rings (SSSR count). The fourth-order valence-electron chi connectivity index (χ4n) is 0. The Labute approximate surface area is 37.9 Å². The molecule has 0 saturated heterocycles. The highest BCUT2D eigenvalue weighted by Gasteiger charge is 2.12. The predicted molar refractivity (Wildman–Crippen MR) is 17.9 cm³/mol. The van der Waals surface area contributed by atoms with Crippen molar-refractivity contribution >= 4 is 18.2 Å². The number of rotatable bonds is 1. The summed E-state index contributed by atoms with van der Waals surface area (Å²) in [4.78, 5) is 7.55. The van der Waals surface area contributed by atoms with Crippen LogP contribution in [0.25, 0.3) is 0 Å². The van der Waals surface area contributed by atoms with Crippen molar-refractivity contribution < 1.29 is 18.7 Å². The van der Waals surface area contributed by atoms with Crippen molar-refractivity contribution in [3.8, 4) is 0 Å². The van der Waals surface area contributed by atoms with Crippen LogP contribution in [0.4, 0.5) is 4.53 Å². The summed E-state index contributed by atoms with van der Waals surface area (Å²) in [6.45, 7) is -4.34. The monoisotopic (exact) mass is 134 g/mol. The summed E-state index contributed by atoms with van der Waals surface area (Å²) < 4.78 is 22.0. The lowest BCUT2D eigenvalue weighted by Gasteiger charge is -1.86. The van der Waals surface area contributed by atoms with E-state index in [0.717, 1.165) is 0 Å². The van der Waals surface area contributed by atoms with Gasteiger partial charge in [-0.2, -0.15) is 0 Å². The third-order valence-electron chi connectivity index (χ3n) is 0.0851. The van der Waals surface area contributed by atoms with Crippen LogP contribution in [-0.2, 0) is 9.29 Å². The first kappa shape index (κ1) is 6.37. The summed E-state index contributed by atoms with van der Waals surface area (Å²) in [6, 6.07) is 0. The lowest BCUT2D eigenvalue weighted by molar-refractivity contribution is -0.0128. The van der Waals surface area contributed by atoms with Gasteiger partial charge in [-0.25, -0.2) is 4.57 Å². The van der Waals surface area contributed by atoms with E-state index in [1.165, 1.54) is 0 Å². The van der Waals surface area contributed by atoms with Crippen LogP contribution in [0.1, 0.15) is 0 Å². The van der Waals surface area contributed by atoms with E-state index >= 15 is 0 Å². The first-order valence-corrected chi connectivity index (χ1v) is 3.37. The zero-order valence-electron chi connectivity index (χ0n) is 2.47. The molecule has 0 heterocycles. The number of hydrogen-bond acceptors (Lipinski definition) is 2. The van der Waals surface area contributed by atoms with Crippen LogP contribution in [0.3, 0.4) is 0 Å². The zero-order chi connectivity index (χ0) is 5.21. The van der Waals surface area contributed by atoms with E-state index in [-0.39, 0.29) is 0 Å². The standard InChI is InChI=1S/ClFHO3P/c1-6(3,4)5-2/h(H,3,4). The summed E-state index contributed by atoms with van der Waals surface area (Å²) >= 11 is 4.23. The minimum atomic E-state index is -4.34. The Kier molecular flexibility index (Phi) is 2.00. The van der Waals surface area contributed by atoms with Gasteiger partial charge in [0, 0.05) is 11.2 Å². The molecular formula is HClFO3P. The molecule has 1 N–H and O–H groups in total. The van der Waals surface area contributed by atoms with Crippen molar-refractivity contribution in [2.75, 3.05) is 0 Å².